The highest BCUT2D eigenvalue weighted by Crippen LogP contribution is 2.26. The van der Waals surface area contributed by atoms with Gasteiger partial charge in [-0.3, -0.25) is 4.79 Å². The molecule has 0 heterocycles. The van der Waals surface area contributed by atoms with E-state index in [0.29, 0.717) is 30.3 Å². The van der Waals surface area contributed by atoms with Gasteiger partial charge in [-0.2, -0.15) is 0 Å². The summed E-state index contributed by atoms with van der Waals surface area (Å²) in [5.41, 5.74) is 5.62. The Balaban J connectivity index is 2.22. The fourth-order valence-electron chi connectivity index (χ4n) is 1.24. The first-order valence-corrected chi connectivity index (χ1v) is 5.52. The summed E-state index contributed by atoms with van der Waals surface area (Å²) in [6.07, 6.45) is 0. The van der Waals surface area contributed by atoms with Crippen molar-refractivity contribution in [2.24, 2.45) is 5.73 Å². The monoisotopic (exact) mass is 258 g/mol. The minimum absolute atomic E-state index is 0.0793. The molecule has 94 valence electrons. The second kappa shape index (κ2) is 7.11. The van der Waals surface area contributed by atoms with Gasteiger partial charge in [0.15, 0.2) is 0 Å². The Hall–Kier alpha value is -1.30. The van der Waals surface area contributed by atoms with Crippen molar-refractivity contribution in [3.8, 4) is 5.75 Å². The lowest BCUT2D eigenvalue weighted by molar-refractivity contribution is -0.122. The molecule has 5 nitrogen and oxygen atoms in total. The summed E-state index contributed by atoms with van der Waals surface area (Å²) < 4.78 is 4.96. The predicted molar refractivity (Wildman–Crippen MR) is 64.8 cm³/mol. The van der Waals surface area contributed by atoms with E-state index in [0.717, 1.165) is 0 Å². The Labute approximate surface area is 105 Å². The molecule has 6 heteroatoms. The van der Waals surface area contributed by atoms with Crippen molar-refractivity contribution in [3.63, 3.8) is 0 Å². The lowest BCUT2D eigenvalue weighted by Gasteiger charge is -2.07. The van der Waals surface area contributed by atoms with Crippen LogP contribution in [0.15, 0.2) is 18.2 Å². The number of hydrogen-bond donors (Lipinski definition) is 3. The Bertz CT molecular complexity index is 385. The number of rotatable bonds is 7. The molecule has 0 fully saturated rings. The van der Waals surface area contributed by atoms with Crippen LogP contribution < -0.4 is 11.1 Å². The molecular weight excluding hydrogens is 244 g/mol. The number of amides is 1. The zero-order valence-corrected chi connectivity index (χ0v) is 10.0. The largest absolute Gasteiger partial charge is 0.506 e. The molecule has 0 bridgehead atoms. The normalized spacial score (nSPS) is 10.4. The summed E-state index contributed by atoms with van der Waals surface area (Å²) in [6, 6.07) is 5.16. The Kier molecular flexibility index (Phi) is 5.76. The number of phenolic OH excluding ortho intramolecular Hbond substituents is 1. The van der Waals surface area contributed by atoms with Crippen LogP contribution >= 0.6 is 11.6 Å². The van der Waals surface area contributed by atoms with Crippen LogP contribution in [0.25, 0.3) is 0 Å². The van der Waals surface area contributed by atoms with Gasteiger partial charge >= 0.3 is 0 Å². The van der Waals surface area contributed by atoms with Crippen LogP contribution in [0.4, 0.5) is 0 Å². The maximum absolute atomic E-state index is 10.4. The minimum atomic E-state index is -0.488. The zero-order valence-electron chi connectivity index (χ0n) is 9.28. The molecule has 0 unspecified atom stereocenters. The second-order valence-corrected chi connectivity index (χ2v) is 3.85. The van der Waals surface area contributed by atoms with Crippen molar-refractivity contribution in [3.05, 3.63) is 28.8 Å². The van der Waals surface area contributed by atoms with Crippen LogP contribution in [0, 0.1) is 0 Å². The van der Waals surface area contributed by atoms with Gasteiger partial charge in [0, 0.05) is 18.7 Å². The number of ether oxygens (including phenoxy) is 1. The number of nitrogens with one attached hydrogen (secondary N) is 1. The van der Waals surface area contributed by atoms with E-state index in [1.54, 1.807) is 18.2 Å². The van der Waals surface area contributed by atoms with Crippen LogP contribution in [-0.2, 0) is 16.1 Å². The fourth-order valence-corrected chi connectivity index (χ4v) is 1.44. The third-order valence-corrected chi connectivity index (χ3v) is 2.36. The number of carbonyl (C=O) groups excluding carboxylic acids is 1. The van der Waals surface area contributed by atoms with Crippen molar-refractivity contribution in [1.82, 2.24) is 5.32 Å². The Morgan fingerprint density at radius 3 is 3.00 bits per heavy atom. The summed E-state index contributed by atoms with van der Waals surface area (Å²) in [5.74, 6) is -0.405. The van der Waals surface area contributed by atoms with E-state index in [9.17, 15) is 9.90 Å². The van der Waals surface area contributed by atoms with Crippen molar-refractivity contribution in [2.75, 3.05) is 19.8 Å². The van der Waals surface area contributed by atoms with E-state index in [-0.39, 0.29) is 12.4 Å². The molecule has 1 aromatic carbocycles. The van der Waals surface area contributed by atoms with Crippen molar-refractivity contribution in [1.29, 1.82) is 0 Å². The molecule has 4 N–H and O–H groups in total. The van der Waals surface area contributed by atoms with Gasteiger partial charge in [0.1, 0.15) is 12.4 Å². The molecule has 1 aromatic rings. The number of hydrogen-bond acceptors (Lipinski definition) is 4. The van der Waals surface area contributed by atoms with Crippen LogP contribution in [0.1, 0.15) is 5.56 Å². The van der Waals surface area contributed by atoms with Crippen LogP contribution in [0.3, 0.4) is 0 Å². The van der Waals surface area contributed by atoms with Crippen molar-refractivity contribution < 1.29 is 14.6 Å². The number of aromatic hydroxyl groups is 1. The number of halogens is 1. The van der Waals surface area contributed by atoms with Crippen molar-refractivity contribution in [2.45, 2.75) is 6.54 Å². The van der Waals surface area contributed by atoms with Gasteiger partial charge < -0.3 is 20.9 Å². The van der Waals surface area contributed by atoms with Gasteiger partial charge in [0.25, 0.3) is 0 Å². The second-order valence-electron chi connectivity index (χ2n) is 3.44. The molecule has 0 aliphatic rings. The van der Waals surface area contributed by atoms with Crippen LogP contribution in [-0.4, -0.2) is 30.8 Å². The van der Waals surface area contributed by atoms with Gasteiger partial charge in [-0.1, -0.05) is 23.7 Å². The topological polar surface area (TPSA) is 84.6 Å². The average molecular weight is 259 g/mol. The van der Waals surface area contributed by atoms with Gasteiger partial charge in [-0.15, -0.1) is 0 Å². The smallest absolute Gasteiger partial charge is 0.243 e. The molecule has 0 saturated carbocycles. The Morgan fingerprint density at radius 2 is 2.29 bits per heavy atom. The van der Waals surface area contributed by atoms with Gasteiger partial charge in [0.2, 0.25) is 5.91 Å². The molecule has 0 aliphatic carbocycles. The van der Waals surface area contributed by atoms with Crippen LogP contribution in [0.5, 0.6) is 5.75 Å². The molecule has 0 saturated heterocycles. The number of phenols is 1. The summed E-state index contributed by atoms with van der Waals surface area (Å²) in [6.45, 7) is 1.33. The zero-order chi connectivity index (χ0) is 12.7. The van der Waals surface area contributed by atoms with E-state index >= 15 is 0 Å². The van der Waals surface area contributed by atoms with Crippen LogP contribution in [0.2, 0.25) is 5.02 Å². The highest BCUT2D eigenvalue weighted by Gasteiger charge is 2.03. The molecule has 1 amide bonds. The first-order chi connectivity index (χ1) is 8.11. The quantitative estimate of drug-likeness (QED) is 0.627. The lowest BCUT2D eigenvalue weighted by Crippen LogP contribution is -2.23. The van der Waals surface area contributed by atoms with Gasteiger partial charge in [-0.05, 0) is 6.07 Å². The predicted octanol–water partition coefficient (Wildman–Crippen LogP) is 0.637. The summed E-state index contributed by atoms with van der Waals surface area (Å²) >= 11 is 5.76. The maximum Gasteiger partial charge on any atom is 0.243 e. The highest BCUT2D eigenvalue weighted by molar-refractivity contribution is 6.32. The highest BCUT2D eigenvalue weighted by atomic mass is 35.5. The number of nitrogens with two attached hydrogens (primary N) is 1. The lowest BCUT2D eigenvalue weighted by atomic mass is 10.2. The fraction of sp³-hybridized carbons (Fsp3) is 0.364. The first kappa shape index (κ1) is 13.8. The molecule has 0 atom stereocenters. The first-order valence-electron chi connectivity index (χ1n) is 5.14. The maximum atomic E-state index is 10.4. The van der Waals surface area contributed by atoms with Gasteiger partial charge in [0.05, 0.1) is 11.6 Å². The molecular formula is C11H15ClN2O3. The molecule has 0 radical (unpaired) electrons. The summed E-state index contributed by atoms with van der Waals surface area (Å²) in [7, 11) is 0. The number of carbonyl (C=O) groups is 1. The van der Waals surface area contributed by atoms with E-state index in [2.05, 4.69) is 5.32 Å². The molecule has 0 aliphatic heterocycles. The summed E-state index contributed by atoms with van der Waals surface area (Å²) in [5, 5.41) is 13.0. The minimum Gasteiger partial charge on any atom is -0.506 e. The molecule has 0 spiro atoms. The third kappa shape index (κ3) is 5.04. The molecule has 17 heavy (non-hydrogen) atoms. The average Bonchev–Trinajstić information content (AvgIpc) is 2.28. The van der Waals surface area contributed by atoms with Gasteiger partial charge in [-0.25, -0.2) is 0 Å². The SMILES string of the molecule is NC(=O)COCCNCc1cccc(Cl)c1O. The van der Waals surface area contributed by atoms with E-state index in [1.807, 2.05) is 0 Å². The molecule has 0 aromatic heterocycles. The van der Waals surface area contributed by atoms with E-state index in [4.69, 9.17) is 22.1 Å². The van der Waals surface area contributed by atoms with E-state index < -0.39 is 5.91 Å². The van der Waals surface area contributed by atoms with E-state index in [1.165, 1.54) is 0 Å². The number of primary amides is 1. The molecule has 1 rings (SSSR count). The standard InChI is InChI=1S/C11H15ClN2O3/c12-9-3-1-2-8(11(9)16)6-14-4-5-17-7-10(13)15/h1-3,14,16H,4-7H2,(H2,13,15). The number of benzene rings is 1. The van der Waals surface area contributed by atoms with Crippen molar-refractivity contribution >= 4 is 17.5 Å². The summed E-state index contributed by atoms with van der Waals surface area (Å²) in [4.78, 5) is 10.4. The number of para-hydroxylation sites is 1. The Morgan fingerprint density at radius 1 is 1.53 bits per heavy atom. The third-order valence-electron chi connectivity index (χ3n) is 2.05.